The maximum absolute atomic E-state index is 13.0. The quantitative estimate of drug-likeness (QED) is 0.231. The number of ether oxygens (including phenoxy) is 1. The first kappa shape index (κ1) is 25.3. The number of unbranched alkanes of at least 4 members (excludes halogenated alkanes) is 1. The lowest BCUT2D eigenvalue weighted by Gasteiger charge is -2.18. The summed E-state index contributed by atoms with van der Waals surface area (Å²) in [5, 5.41) is 0.799. The molecule has 1 fully saturated rings. The molecular formula is C31H34ClN3O2. The van der Waals surface area contributed by atoms with Crippen LogP contribution in [0.1, 0.15) is 53.3 Å². The molecule has 192 valence electrons. The van der Waals surface area contributed by atoms with E-state index < -0.39 is 0 Å². The van der Waals surface area contributed by atoms with E-state index in [-0.39, 0.29) is 11.8 Å². The monoisotopic (exact) mass is 515 g/mol. The molecule has 1 unspecified atom stereocenters. The normalized spacial score (nSPS) is 15.6. The molecule has 0 N–H and O–H groups in total. The van der Waals surface area contributed by atoms with E-state index in [2.05, 4.69) is 54.8 Å². The number of hydrogen-bond donors (Lipinski definition) is 0. The number of benzene rings is 3. The highest BCUT2D eigenvalue weighted by Crippen LogP contribution is 2.34. The van der Waals surface area contributed by atoms with Crippen molar-refractivity contribution in [3.8, 4) is 5.75 Å². The minimum atomic E-state index is 0.0674. The number of aromatic nitrogens is 2. The van der Waals surface area contributed by atoms with Crippen LogP contribution in [0.2, 0.25) is 5.02 Å². The second-order valence-electron chi connectivity index (χ2n) is 10.2. The van der Waals surface area contributed by atoms with Crippen LogP contribution < -0.4 is 9.64 Å². The average Bonchev–Trinajstić information content (AvgIpc) is 3.44. The van der Waals surface area contributed by atoms with Crippen LogP contribution in [-0.2, 0) is 11.3 Å². The fourth-order valence-electron chi connectivity index (χ4n) is 5.22. The molecule has 1 atom stereocenters. The Hall–Kier alpha value is -3.31. The van der Waals surface area contributed by atoms with E-state index >= 15 is 0 Å². The van der Waals surface area contributed by atoms with Crippen LogP contribution in [0.4, 0.5) is 5.69 Å². The lowest BCUT2D eigenvalue weighted by Crippen LogP contribution is -2.24. The number of rotatable bonds is 8. The fraction of sp³-hybridized carbons (Fsp3) is 0.355. The Morgan fingerprint density at radius 3 is 2.46 bits per heavy atom. The van der Waals surface area contributed by atoms with Crippen molar-refractivity contribution in [3.63, 3.8) is 0 Å². The molecule has 5 nitrogen and oxygen atoms in total. The first-order valence-electron chi connectivity index (χ1n) is 13.0. The smallest absolute Gasteiger partial charge is 0.227 e. The van der Waals surface area contributed by atoms with Gasteiger partial charge in [-0.25, -0.2) is 4.98 Å². The maximum atomic E-state index is 13.0. The maximum Gasteiger partial charge on any atom is 0.227 e. The van der Waals surface area contributed by atoms with E-state index in [1.807, 2.05) is 36.9 Å². The number of carbonyl (C=O) groups is 1. The number of imidazole rings is 1. The van der Waals surface area contributed by atoms with E-state index in [1.165, 1.54) is 11.1 Å². The van der Waals surface area contributed by atoms with Gasteiger partial charge in [-0.3, -0.25) is 4.79 Å². The molecule has 0 radical (unpaired) electrons. The highest BCUT2D eigenvalue weighted by atomic mass is 35.5. The summed E-state index contributed by atoms with van der Waals surface area (Å²) in [6, 6.07) is 18.5. The SMILES string of the molecule is Cc1ccc(N2CC(c3nc4ccccc4n3CCCCOc3cc(C)c(Cl)c(C)c3)CC2=O)cc1C. The molecule has 1 aliphatic heterocycles. The summed E-state index contributed by atoms with van der Waals surface area (Å²) in [4.78, 5) is 20.0. The number of amides is 1. The van der Waals surface area contributed by atoms with Gasteiger partial charge in [0.15, 0.2) is 0 Å². The summed E-state index contributed by atoms with van der Waals surface area (Å²) in [6.45, 7) is 10.3. The third kappa shape index (κ3) is 5.24. The van der Waals surface area contributed by atoms with Gasteiger partial charge < -0.3 is 14.2 Å². The third-order valence-electron chi connectivity index (χ3n) is 7.43. The van der Waals surface area contributed by atoms with E-state index in [0.717, 1.165) is 63.8 Å². The molecule has 3 aromatic carbocycles. The Labute approximate surface area is 224 Å². The number of para-hydroxylation sites is 2. The van der Waals surface area contributed by atoms with E-state index in [0.29, 0.717) is 19.6 Å². The van der Waals surface area contributed by atoms with E-state index in [4.69, 9.17) is 21.3 Å². The van der Waals surface area contributed by atoms with Crippen LogP contribution in [0, 0.1) is 27.7 Å². The fourth-order valence-corrected chi connectivity index (χ4v) is 5.32. The van der Waals surface area contributed by atoms with Gasteiger partial charge in [-0.2, -0.15) is 0 Å². The van der Waals surface area contributed by atoms with E-state index in [9.17, 15) is 4.79 Å². The first-order chi connectivity index (χ1) is 17.8. The minimum absolute atomic E-state index is 0.0674. The highest BCUT2D eigenvalue weighted by Gasteiger charge is 2.34. The number of hydrogen-bond acceptors (Lipinski definition) is 3. The third-order valence-corrected chi connectivity index (χ3v) is 8.03. The van der Waals surface area contributed by atoms with Gasteiger partial charge >= 0.3 is 0 Å². The molecular weight excluding hydrogens is 482 g/mol. The van der Waals surface area contributed by atoms with Crippen molar-refractivity contribution in [2.75, 3.05) is 18.1 Å². The molecule has 5 rings (SSSR count). The van der Waals surface area contributed by atoms with Gasteiger partial charge in [-0.1, -0.05) is 29.8 Å². The molecule has 0 aliphatic carbocycles. The molecule has 6 heteroatoms. The van der Waals surface area contributed by atoms with Crippen molar-refractivity contribution >= 4 is 34.2 Å². The Kier molecular flexibility index (Phi) is 7.25. The molecule has 0 spiro atoms. The standard InChI is InChI=1S/C31H34ClN3O2/c1-20-11-12-25(15-21(20)2)35-19-24(18-29(35)36)31-33-27-9-5-6-10-28(27)34(31)13-7-8-14-37-26-16-22(3)30(32)23(4)17-26/h5-6,9-12,15-17,24H,7-8,13-14,18-19H2,1-4H3. The van der Waals surface area contributed by atoms with Crippen molar-refractivity contribution in [1.29, 1.82) is 0 Å². The zero-order valence-corrected chi connectivity index (χ0v) is 22.8. The Morgan fingerprint density at radius 2 is 1.70 bits per heavy atom. The van der Waals surface area contributed by atoms with Gasteiger partial charge in [-0.15, -0.1) is 0 Å². The Morgan fingerprint density at radius 1 is 0.946 bits per heavy atom. The summed E-state index contributed by atoms with van der Waals surface area (Å²) in [6.07, 6.45) is 2.36. The van der Waals surface area contributed by atoms with E-state index in [1.54, 1.807) is 0 Å². The zero-order valence-electron chi connectivity index (χ0n) is 22.1. The number of carbonyl (C=O) groups excluding carboxylic acids is 1. The first-order valence-corrected chi connectivity index (χ1v) is 13.4. The summed E-state index contributed by atoms with van der Waals surface area (Å²) < 4.78 is 8.33. The van der Waals surface area contributed by atoms with Gasteiger partial charge in [0.05, 0.1) is 17.6 Å². The summed E-state index contributed by atoms with van der Waals surface area (Å²) in [7, 11) is 0. The molecule has 1 amide bonds. The molecule has 1 aromatic heterocycles. The van der Waals surface area contributed by atoms with Gasteiger partial charge in [0.25, 0.3) is 0 Å². The zero-order chi connectivity index (χ0) is 26.1. The summed E-state index contributed by atoms with van der Waals surface area (Å²) in [5.74, 6) is 2.10. The van der Waals surface area contributed by atoms with Crippen molar-refractivity contribution in [2.45, 2.75) is 59.4 Å². The van der Waals surface area contributed by atoms with Crippen molar-refractivity contribution in [1.82, 2.24) is 9.55 Å². The second kappa shape index (κ2) is 10.6. The number of halogens is 1. The van der Waals surface area contributed by atoms with Gasteiger partial charge in [-0.05, 0) is 99.2 Å². The Balaban J connectivity index is 1.29. The molecule has 1 saturated heterocycles. The molecule has 0 saturated carbocycles. The van der Waals surface area contributed by atoms with Crippen LogP contribution in [0.3, 0.4) is 0 Å². The van der Waals surface area contributed by atoms with Gasteiger partial charge in [0.2, 0.25) is 5.91 Å². The largest absolute Gasteiger partial charge is 0.494 e. The summed E-state index contributed by atoms with van der Waals surface area (Å²) in [5.41, 5.74) is 7.59. The second-order valence-corrected chi connectivity index (χ2v) is 10.6. The number of fused-ring (bicyclic) bond motifs is 1. The minimum Gasteiger partial charge on any atom is -0.494 e. The predicted molar refractivity (Wildman–Crippen MR) is 151 cm³/mol. The average molecular weight is 516 g/mol. The Bertz CT molecular complexity index is 1440. The lowest BCUT2D eigenvalue weighted by atomic mass is 10.1. The number of anilines is 1. The lowest BCUT2D eigenvalue weighted by molar-refractivity contribution is -0.117. The van der Waals surface area contributed by atoms with Crippen LogP contribution in [0.25, 0.3) is 11.0 Å². The highest BCUT2D eigenvalue weighted by molar-refractivity contribution is 6.32. The molecule has 0 bridgehead atoms. The van der Waals surface area contributed by atoms with Crippen LogP contribution in [-0.4, -0.2) is 28.6 Å². The molecule has 2 heterocycles. The predicted octanol–water partition coefficient (Wildman–Crippen LogP) is 7.30. The van der Waals surface area contributed by atoms with Crippen molar-refractivity contribution < 1.29 is 9.53 Å². The van der Waals surface area contributed by atoms with Gasteiger partial charge in [0, 0.05) is 36.1 Å². The molecule has 1 aliphatic rings. The van der Waals surface area contributed by atoms with Crippen LogP contribution in [0.15, 0.2) is 54.6 Å². The molecule has 37 heavy (non-hydrogen) atoms. The molecule has 4 aromatic rings. The number of nitrogens with zero attached hydrogens (tertiary/aromatic N) is 3. The van der Waals surface area contributed by atoms with Crippen LogP contribution >= 0.6 is 11.6 Å². The van der Waals surface area contributed by atoms with Gasteiger partial charge in [0.1, 0.15) is 11.6 Å². The van der Waals surface area contributed by atoms with Crippen LogP contribution in [0.5, 0.6) is 5.75 Å². The summed E-state index contributed by atoms with van der Waals surface area (Å²) >= 11 is 6.28. The van der Waals surface area contributed by atoms with Crippen molar-refractivity contribution in [3.05, 3.63) is 87.7 Å². The topological polar surface area (TPSA) is 47.4 Å². The van der Waals surface area contributed by atoms with Crippen molar-refractivity contribution in [2.24, 2.45) is 0 Å². The number of aryl methyl sites for hydroxylation is 5.